The monoisotopic (exact) mass is 384 g/mol. The number of aryl methyl sites for hydroxylation is 1. The van der Waals surface area contributed by atoms with E-state index >= 15 is 0 Å². The average Bonchev–Trinajstić information content (AvgIpc) is 2.51. The lowest BCUT2D eigenvalue weighted by Crippen LogP contribution is -2.45. The summed E-state index contributed by atoms with van der Waals surface area (Å²) in [4.78, 5) is 7.08. The van der Waals surface area contributed by atoms with E-state index < -0.39 is 0 Å². The third-order valence-corrected chi connectivity index (χ3v) is 5.66. The summed E-state index contributed by atoms with van der Waals surface area (Å²) in [6.45, 7) is 9.05. The Morgan fingerprint density at radius 2 is 1.96 bits per heavy atom. The molecule has 0 saturated carbocycles. The summed E-state index contributed by atoms with van der Waals surface area (Å²) >= 11 is 3.50. The van der Waals surface area contributed by atoms with Gasteiger partial charge in [-0.3, -0.25) is 4.99 Å². The number of hydrogen-bond acceptors (Lipinski definition) is 2. The maximum Gasteiger partial charge on any atom is 0.0659 e. The van der Waals surface area contributed by atoms with Crippen molar-refractivity contribution in [1.29, 1.82) is 0 Å². The van der Waals surface area contributed by atoms with Gasteiger partial charge in [-0.05, 0) is 80.1 Å². The minimum atomic E-state index is 0.205. The van der Waals surface area contributed by atoms with Gasteiger partial charge in [-0.25, -0.2) is 0 Å². The van der Waals surface area contributed by atoms with Gasteiger partial charge in [0.25, 0.3) is 0 Å². The van der Waals surface area contributed by atoms with Crippen molar-refractivity contribution >= 4 is 33.5 Å². The molecule has 0 bridgehead atoms. The zero-order chi connectivity index (χ0) is 17.5. The lowest BCUT2D eigenvalue weighted by atomic mass is 9.80. The van der Waals surface area contributed by atoms with Crippen LogP contribution in [0.15, 0.2) is 45.9 Å². The van der Waals surface area contributed by atoms with Crippen molar-refractivity contribution in [2.75, 3.05) is 11.9 Å². The summed E-state index contributed by atoms with van der Waals surface area (Å²) in [6, 6.07) is 12.9. The molecule has 2 aromatic carbocycles. The van der Waals surface area contributed by atoms with Crippen molar-refractivity contribution in [3.63, 3.8) is 0 Å². The highest BCUT2D eigenvalue weighted by atomic mass is 79.9. The standard InChI is InChI=1S/C21H25BrN2/c1-14-10-17(22)7-8-19(14)23-13-16-6-9-20-18(11-16)15(2)12-21(3,4)24(20)5/h6-11,13,15H,12H2,1-5H3. The van der Waals surface area contributed by atoms with Crippen LogP contribution in [0.2, 0.25) is 0 Å². The maximum absolute atomic E-state index is 4.68. The smallest absolute Gasteiger partial charge is 0.0659 e. The van der Waals surface area contributed by atoms with Crippen LogP contribution < -0.4 is 4.90 Å². The third-order valence-electron chi connectivity index (χ3n) is 5.17. The molecule has 1 unspecified atom stereocenters. The van der Waals surface area contributed by atoms with Crippen molar-refractivity contribution in [1.82, 2.24) is 0 Å². The Labute approximate surface area is 153 Å². The van der Waals surface area contributed by atoms with E-state index in [-0.39, 0.29) is 5.54 Å². The van der Waals surface area contributed by atoms with E-state index in [4.69, 9.17) is 0 Å². The van der Waals surface area contributed by atoms with Crippen LogP contribution in [0, 0.1) is 6.92 Å². The molecule has 0 saturated heterocycles. The van der Waals surface area contributed by atoms with Crippen LogP contribution in [-0.4, -0.2) is 18.8 Å². The van der Waals surface area contributed by atoms with E-state index in [1.807, 2.05) is 18.3 Å². The van der Waals surface area contributed by atoms with Crippen molar-refractivity contribution in [3.05, 3.63) is 57.6 Å². The number of rotatable bonds is 2. The van der Waals surface area contributed by atoms with Gasteiger partial charge < -0.3 is 4.90 Å². The van der Waals surface area contributed by atoms with Crippen molar-refractivity contribution in [3.8, 4) is 0 Å². The molecule has 1 aliphatic rings. The minimum Gasteiger partial charge on any atom is -0.369 e. The van der Waals surface area contributed by atoms with E-state index in [1.165, 1.54) is 23.2 Å². The Morgan fingerprint density at radius 3 is 2.67 bits per heavy atom. The van der Waals surface area contributed by atoms with Crippen LogP contribution in [0.25, 0.3) is 0 Å². The Morgan fingerprint density at radius 1 is 1.21 bits per heavy atom. The molecule has 24 heavy (non-hydrogen) atoms. The van der Waals surface area contributed by atoms with Crippen LogP contribution in [0.1, 0.15) is 49.8 Å². The van der Waals surface area contributed by atoms with Crippen LogP contribution >= 0.6 is 15.9 Å². The van der Waals surface area contributed by atoms with Crippen molar-refractivity contribution < 1.29 is 0 Å². The number of nitrogens with zero attached hydrogens (tertiary/aromatic N) is 2. The third kappa shape index (κ3) is 3.27. The zero-order valence-electron chi connectivity index (χ0n) is 15.1. The van der Waals surface area contributed by atoms with Crippen molar-refractivity contribution in [2.24, 2.45) is 4.99 Å². The average molecular weight is 385 g/mol. The van der Waals surface area contributed by atoms with Gasteiger partial charge in [0.05, 0.1) is 5.69 Å². The summed E-state index contributed by atoms with van der Waals surface area (Å²) in [5, 5.41) is 0. The lowest BCUT2D eigenvalue weighted by Gasteiger charge is -2.45. The first-order chi connectivity index (χ1) is 11.3. The van der Waals surface area contributed by atoms with Gasteiger partial charge in [-0.2, -0.15) is 0 Å². The highest BCUT2D eigenvalue weighted by Gasteiger charge is 2.33. The molecule has 0 radical (unpaired) electrons. The zero-order valence-corrected chi connectivity index (χ0v) is 16.7. The molecule has 0 N–H and O–H groups in total. The number of aliphatic imine (C=N–C) groups is 1. The van der Waals surface area contributed by atoms with Gasteiger partial charge in [-0.15, -0.1) is 0 Å². The molecular formula is C21H25BrN2. The van der Waals surface area contributed by atoms with Gasteiger partial charge in [0, 0.05) is 29.0 Å². The molecule has 2 aromatic rings. The first-order valence-corrected chi connectivity index (χ1v) is 9.25. The SMILES string of the molecule is Cc1cc(Br)ccc1N=Cc1ccc2c(c1)C(C)CC(C)(C)N2C. The van der Waals surface area contributed by atoms with E-state index in [1.54, 1.807) is 0 Å². The molecule has 1 aliphatic heterocycles. The van der Waals surface area contributed by atoms with E-state index in [0.29, 0.717) is 5.92 Å². The Hall–Kier alpha value is -1.61. The quantitative estimate of drug-likeness (QED) is 0.560. The second-order valence-corrected chi connectivity index (χ2v) is 8.40. The molecule has 1 atom stereocenters. The predicted octanol–water partition coefficient (Wildman–Crippen LogP) is 6.23. The molecule has 3 heteroatoms. The van der Waals surface area contributed by atoms with E-state index in [9.17, 15) is 0 Å². The van der Waals surface area contributed by atoms with Gasteiger partial charge in [-0.1, -0.05) is 28.9 Å². The Bertz CT molecular complexity index is 792. The molecule has 1 heterocycles. The first-order valence-electron chi connectivity index (χ1n) is 8.46. The molecule has 0 fully saturated rings. The molecule has 0 spiro atoms. The highest BCUT2D eigenvalue weighted by Crippen LogP contribution is 2.42. The maximum atomic E-state index is 4.68. The summed E-state index contributed by atoms with van der Waals surface area (Å²) in [5.41, 5.74) is 6.33. The molecule has 2 nitrogen and oxygen atoms in total. The second-order valence-electron chi connectivity index (χ2n) is 7.48. The number of anilines is 1. The molecule has 0 amide bonds. The number of hydrogen-bond donors (Lipinski definition) is 0. The summed E-state index contributed by atoms with van der Waals surface area (Å²) in [6.07, 6.45) is 3.14. The number of fused-ring (bicyclic) bond motifs is 1. The minimum absolute atomic E-state index is 0.205. The molecule has 0 aliphatic carbocycles. The largest absolute Gasteiger partial charge is 0.369 e. The molecule has 3 rings (SSSR count). The van der Waals surface area contributed by atoms with Gasteiger partial charge in [0.2, 0.25) is 0 Å². The van der Waals surface area contributed by atoms with Crippen LogP contribution in [0.5, 0.6) is 0 Å². The normalized spacial score (nSPS) is 19.6. The molecule has 126 valence electrons. The Balaban J connectivity index is 1.92. The number of benzene rings is 2. The predicted molar refractivity (Wildman–Crippen MR) is 108 cm³/mol. The summed E-state index contributed by atoms with van der Waals surface area (Å²) < 4.78 is 1.09. The fourth-order valence-electron chi connectivity index (χ4n) is 3.58. The summed E-state index contributed by atoms with van der Waals surface area (Å²) in [5.74, 6) is 0.564. The summed E-state index contributed by atoms with van der Waals surface area (Å²) in [7, 11) is 2.20. The fraction of sp³-hybridized carbons (Fsp3) is 0.381. The van der Waals surface area contributed by atoms with Gasteiger partial charge in [0.15, 0.2) is 0 Å². The highest BCUT2D eigenvalue weighted by molar-refractivity contribution is 9.10. The topological polar surface area (TPSA) is 15.6 Å². The molecular weight excluding hydrogens is 360 g/mol. The number of halogens is 1. The first kappa shape index (κ1) is 17.2. The molecule has 0 aromatic heterocycles. The van der Waals surface area contributed by atoms with Crippen molar-refractivity contribution in [2.45, 2.75) is 45.6 Å². The fourth-order valence-corrected chi connectivity index (χ4v) is 4.06. The van der Waals surface area contributed by atoms with Gasteiger partial charge >= 0.3 is 0 Å². The lowest BCUT2D eigenvalue weighted by molar-refractivity contribution is 0.395. The van der Waals surface area contributed by atoms with Crippen LogP contribution in [0.3, 0.4) is 0 Å². The second kappa shape index (κ2) is 6.36. The van der Waals surface area contributed by atoms with Crippen LogP contribution in [0.4, 0.5) is 11.4 Å². The van der Waals surface area contributed by atoms with E-state index in [2.05, 4.69) is 84.8 Å². The van der Waals surface area contributed by atoms with E-state index in [0.717, 1.165) is 15.7 Å². The van der Waals surface area contributed by atoms with Gasteiger partial charge in [0.1, 0.15) is 0 Å². The van der Waals surface area contributed by atoms with Crippen LogP contribution in [-0.2, 0) is 0 Å². The Kier molecular flexibility index (Phi) is 4.56.